The third-order valence-electron chi connectivity index (χ3n) is 2.27. The first-order valence-corrected chi connectivity index (χ1v) is 5.76. The molecule has 4 heteroatoms. The fourth-order valence-corrected chi connectivity index (χ4v) is 2.54. The maximum atomic E-state index is 11.6. The number of hydrogen-bond acceptors (Lipinski definition) is 3. The number of nitrogens with zero attached hydrogens (tertiary/aromatic N) is 1. The summed E-state index contributed by atoms with van der Waals surface area (Å²) in [4.78, 5) is 0. The summed E-state index contributed by atoms with van der Waals surface area (Å²) in [6, 6.07) is 9.71. The smallest absolute Gasteiger partial charge is 0.246 e. The molecule has 0 spiro atoms. The number of rotatable bonds is 2. The van der Waals surface area contributed by atoms with Crippen LogP contribution in [0.3, 0.4) is 0 Å². The highest BCUT2D eigenvalue weighted by atomic mass is 32.2. The Bertz CT molecular complexity index is 293. The molecule has 0 aliphatic carbocycles. The maximum Gasteiger partial charge on any atom is 0.246 e. The Hall–Kier alpha value is -0.710. The summed E-state index contributed by atoms with van der Waals surface area (Å²) in [5.74, 6) is 0. The Labute approximate surface area is 87.2 Å². The van der Waals surface area contributed by atoms with Gasteiger partial charge in [0.25, 0.3) is 0 Å². The van der Waals surface area contributed by atoms with Gasteiger partial charge < -0.3 is 4.55 Å². The van der Waals surface area contributed by atoms with Crippen LogP contribution in [0.5, 0.6) is 0 Å². The fourth-order valence-electron chi connectivity index (χ4n) is 1.43. The van der Waals surface area contributed by atoms with E-state index >= 15 is 0 Å². The van der Waals surface area contributed by atoms with E-state index in [0.717, 1.165) is 12.1 Å². The van der Waals surface area contributed by atoms with Crippen molar-refractivity contribution >= 4 is 17.3 Å². The molecule has 1 heterocycles. The molecule has 14 heavy (non-hydrogen) atoms. The molecule has 1 aliphatic rings. The first-order valence-electron chi connectivity index (χ1n) is 4.73. The quantitative estimate of drug-likeness (QED) is 0.701. The third kappa shape index (κ3) is 1.87. The van der Waals surface area contributed by atoms with Crippen molar-refractivity contribution in [1.82, 2.24) is 0 Å². The van der Waals surface area contributed by atoms with Gasteiger partial charge in [0.05, 0.1) is 5.69 Å². The molecule has 1 saturated heterocycles. The van der Waals surface area contributed by atoms with Crippen molar-refractivity contribution < 1.29 is 8.74 Å². The van der Waals surface area contributed by atoms with E-state index in [-0.39, 0.29) is 6.10 Å². The van der Waals surface area contributed by atoms with Crippen molar-refractivity contribution in [2.45, 2.75) is 19.4 Å². The highest BCUT2D eigenvalue weighted by Gasteiger charge is 2.36. The van der Waals surface area contributed by atoms with Crippen LogP contribution in [0.25, 0.3) is 0 Å². The molecular weight excluding hydrogens is 198 g/mol. The van der Waals surface area contributed by atoms with Crippen LogP contribution in [0, 0.1) is 0 Å². The average molecular weight is 211 g/mol. The van der Waals surface area contributed by atoms with Crippen LogP contribution in [0.4, 0.5) is 5.69 Å². The van der Waals surface area contributed by atoms with Gasteiger partial charge in [-0.05, 0) is 18.6 Å². The highest BCUT2D eigenvalue weighted by Crippen LogP contribution is 2.26. The molecular formula is C10H13NO2S. The minimum Gasteiger partial charge on any atom is -0.560 e. The van der Waals surface area contributed by atoms with E-state index in [1.165, 1.54) is 0 Å². The van der Waals surface area contributed by atoms with Crippen LogP contribution in [0.2, 0.25) is 0 Å². The fraction of sp³-hybridized carbons (Fsp3) is 0.400. The van der Waals surface area contributed by atoms with Gasteiger partial charge in [-0.25, -0.2) is 0 Å². The minimum absolute atomic E-state index is 0.0936. The lowest BCUT2D eigenvalue weighted by Crippen LogP contribution is -2.25. The number of hydrogen-bond donors (Lipinski definition) is 0. The van der Waals surface area contributed by atoms with Crippen LogP contribution in [-0.4, -0.2) is 17.2 Å². The molecule has 3 nitrogen and oxygen atoms in total. The van der Waals surface area contributed by atoms with Crippen molar-refractivity contribution in [3.63, 3.8) is 0 Å². The van der Waals surface area contributed by atoms with Crippen molar-refractivity contribution in [2.24, 2.45) is 0 Å². The predicted molar refractivity (Wildman–Crippen MR) is 57.1 cm³/mol. The first-order chi connectivity index (χ1) is 6.81. The van der Waals surface area contributed by atoms with Gasteiger partial charge >= 0.3 is 0 Å². The van der Waals surface area contributed by atoms with Crippen molar-refractivity contribution in [3.8, 4) is 0 Å². The van der Waals surface area contributed by atoms with Crippen LogP contribution in [0.15, 0.2) is 30.3 Å². The summed E-state index contributed by atoms with van der Waals surface area (Å²) in [6.45, 7) is 2.75. The molecule has 1 aromatic carbocycles. The maximum absolute atomic E-state index is 11.6. The van der Waals surface area contributed by atoms with Gasteiger partial charge in [0.1, 0.15) is 12.6 Å². The Kier molecular flexibility index (Phi) is 2.96. The molecule has 0 aromatic heterocycles. The zero-order valence-corrected chi connectivity index (χ0v) is 8.87. The predicted octanol–water partition coefficient (Wildman–Crippen LogP) is 1.88. The van der Waals surface area contributed by atoms with Crippen LogP contribution in [-0.2, 0) is 15.8 Å². The second kappa shape index (κ2) is 4.21. The van der Waals surface area contributed by atoms with Crippen LogP contribution >= 0.6 is 0 Å². The molecule has 1 fully saturated rings. The zero-order valence-electron chi connectivity index (χ0n) is 8.05. The lowest BCUT2D eigenvalue weighted by atomic mass is 10.2. The lowest BCUT2D eigenvalue weighted by Gasteiger charge is -2.13. The molecule has 0 N–H and O–H groups in total. The van der Waals surface area contributed by atoms with Gasteiger partial charge in [-0.1, -0.05) is 25.1 Å². The Morgan fingerprint density at radius 1 is 1.50 bits per heavy atom. The second-order valence-corrected chi connectivity index (χ2v) is 4.31. The summed E-state index contributed by atoms with van der Waals surface area (Å²) in [7, 11) is 0. The second-order valence-electron chi connectivity index (χ2n) is 3.24. The number of anilines is 1. The molecule has 76 valence electrons. The molecule has 1 unspecified atom stereocenters. The van der Waals surface area contributed by atoms with Crippen molar-refractivity contribution in [2.75, 3.05) is 10.8 Å². The van der Waals surface area contributed by atoms with E-state index in [2.05, 4.69) is 0 Å². The lowest BCUT2D eigenvalue weighted by molar-refractivity contribution is 0.243. The molecule has 2 atom stereocenters. The van der Waals surface area contributed by atoms with E-state index in [1.807, 2.05) is 37.3 Å². The Balaban J connectivity index is 2.13. The Morgan fingerprint density at radius 2 is 2.21 bits per heavy atom. The molecule has 0 radical (unpaired) electrons. The monoisotopic (exact) mass is 211 g/mol. The van der Waals surface area contributed by atoms with Gasteiger partial charge in [0, 0.05) is 0 Å². The SMILES string of the molecule is CC[C@@H]1CN(c2ccccc2)[S+]([O-])O1. The number of para-hydroxylation sites is 1. The van der Waals surface area contributed by atoms with Gasteiger partial charge in [0.15, 0.2) is 0 Å². The molecule has 1 aromatic rings. The summed E-state index contributed by atoms with van der Waals surface area (Å²) in [5.41, 5.74) is 0.960. The zero-order chi connectivity index (χ0) is 9.97. The van der Waals surface area contributed by atoms with Crippen molar-refractivity contribution in [3.05, 3.63) is 30.3 Å². The third-order valence-corrected chi connectivity index (χ3v) is 3.42. The normalized spacial score (nSPS) is 26.9. The average Bonchev–Trinajstić information content (AvgIpc) is 2.61. The van der Waals surface area contributed by atoms with Crippen molar-refractivity contribution in [1.29, 1.82) is 0 Å². The van der Waals surface area contributed by atoms with E-state index in [4.69, 9.17) is 4.18 Å². The van der Waals surface area contributed by atoms with Crippen LogP contribution < -0.4 is 4.31 Å². The van der Waals surface area contributed by atoms with Gasteiger partial charge in [-0.2, -0.15) is 4.31 Å². The molecule has 0 bridgehead atoms. The molecule has 0 amide bonds. The summed E-state index contributed by atoms with van der Waals surface area (Å²) < 4.78 is 18.6. The summed E-state index contributed by atoms with van der Waals surface area (Å²) in [5, 5.41) is 0. The summed E-state index contributed by atoms with van der Waals surface area (Å²) in [6.07, 6.45) is 0.991. The largest absolute Gasteiger partial charge is 0.560 e. The van der Waals surface area contributed by atoms with E-state index in [0.29, 0.717) is 6.54 Å². The van der Waals surface area contributed by atoms with Gasteiger partial charge in [-0.3, -0.25) is 0 Å². The first kappa shape index (κ1) is 9.83. The molecule has 1 aliphatic heterocycles. The molecule has 2 rings (SSSR count). The topological polar surface area (TPSA) is 35.5 Å². The Morgan fingerprint density at radius 3 is 2.79 bits per heavy atom. The van der Waals surface area contributed by atoms with Gasteiger partial charge in [-0.15, -0.1) is 4.18 Å². The van der Waals surface area contributed by atoms with Crippen LogP contribution in [0.1, 0.15) is 13.3 Å². The van der Waals surface area contributed by atoms with E-state index in [9.17, 15) is 4.55 Å². The number of benzene rings is 1. The van der Waals surface area contributed by atoms with Gasteiger partial charge in [0.2, 0.25) is 11.6 Å². The minimum atomic E-state index is -1.31. The van der Waals surface area contributed by atoms with E-state index in [1.54, 1.807) is 4.31 Å². The highest BCUT2D eigenvalue weighted by molar-refractivity contribution is 7.88. The molecule has 0 saturated carbocycles. The van der Waals surface area contributed by atoms with E-state index < -0.39 is 11.6 Å². The standard InChI is InChI=1S/C10H13NO2S/c1-2-10-8-11(14(12)13-10)9-6-4-3-5-7-9/h3-7,10H,2,8H2,1H3/t10-,14?/m1/s1. The summed E-state index contributed by atoms with van der Waals surface area (Å²) >= 11 is -1.31.